The summed E-state index contributed by atoms with van der Waals surface area (Å²) in [6.45, 7) is 3.41. The molecule has 0 bridgehead atoms. The van der Waals surface area contributed by atoms with Crippen LogP contribution in [0.3, 0.4) is 0 Å². The first-order valence-electron chi connectivity index (χ1n) is 18.2. The van der Waals surface area contributed by atoms with Gasteiger partial charge in [0, 0.05) is 12.8 Å². The second-order valence-corrected chi connectivity index (χ2v) is 13.0. The smallest absolute Gasteiger partial charge is 0.462 e. The fourth-order valence-corrected chi connectivity index (χ4v) is 4.94. The van der Waals surface area contributed by atoms with Crippen molar-refractivity contribution in [1.29, 1.82) is 0 Å². The van der Waals surface area contributed by atoms with E-state index in [0.29, 0.717) is 12.8 Å². The topological polar surface area (TPSA) is 119 Å². The molecule has 274 valence electrons. The molecule has 0 spiro atoms. The van der Waals surface area contributed by atoms with Crippen LogP contribution in [0.5, 0.6) is 0 Å². The number of rotatable bonds is 32. The summed E-state index contributed by atoms with van der Waals surface area (Å²) in [7, 11) is -4.76. The van der Waals surface area contributed by atoms with Crippen molar-refractivity contribution in [3.8, 4) is 0 Å². The van der Waals surface area contributed by atoms with Crippen LogP contribution in [0.2, 0.25) is 0 Å². The van der Waals surface area contributed by atoms with Gasteiger partial charge in [0.05, 0.1) is 6.61 Å². The third-order valence-corrected chi connectivity index (χ3v) is 7.71. The molecule has 1 atom stereocenters. The minimum Gasteiger partial charge on any atom is -0.462 e. The average Bonchev–Trinajstić information content (AvgIpc) is 3.05. The number of hydrogen-bond donors (Lipinski definition) is 2. The van der Waals surface area contributed by atoms with Gasteiger partial charge < -0.3 is 19.3 Å². The standard InChI is InChI=1S/C39H65O8P/c1-3-5-7-9-11-13-15-17-19-21-23-25-27-29-31-33-38(40)45-35-37(36-46-48(42,43)44)47-39(41)34-32-30-28-26-24-22-20-18-16-14-12-10-8-6-4-2/h5-8,11-14,17-20,37H,3-4,9-10,15-16,21-36H2,1-2H3,(H2,42,43,44)/b7-5+,8-6+,13-11+,14-12+,19-17+,20-18+/t37-/m1/s1. The molecule has 0 fully saturated rings. The summed E-state index contributed by atoms with van der Waals surface area (Å²) in [5.41, 5.74) is 0. The van der Waals surface area contributed by atoms with Crippen LogP contribution in [-0.4, -0.2) is 41.0 Å². The van der Waals surface area contributed by atoms with Gasteiger partial charge in [-0.15, -0.1) is 0 Å². The quantitative estimate of drug-likeness (QED) is 0.0309. The molecule has 2 N–H and O–H groups in total. The maximum Gasteiger partial charge on any atom is 0.469 e. The molecular formula is C39H65O8P. The number of unbranched alkanes of at least 4 members (excludes halogenated alkanes) is 10. The van der Waals surface area contributed by atoms with E-state index in [0.717, 1.165) is 103 Å². The van der Waals surface area contributed by atoms with Gasteiger partial charge in [0.2, 0.25) is 0 Å². The van der Waals surface area contributed by atoms with Gasteiger partial charge in [0.15, 0.2) is 6.10 Å². The summed E-state index contributed by atoms with van der Waals surface area (Å²) < 4.78 is 26.3. The van der Waals surface area contributed by atoms with E-state index in [1.165, 1.54) is 0 Å². The number of allylic oxidation sites excluding steroid dienone is 12. The maximum absolute atomic E-state index is 12.3. The molecule has 0 heterocycles. The van der Waals surface area contributed by atoms with E-state index in [9.17, 15) is 14.2 Å². The SMILES string of the molecule is CC/C=C/C/C=C/C/C=C/CCCCCCCC(=O)OC[C@H](COP(=O)(O)O)OC(=O)CCCCCCC/C=C/C/C=C/C/C=C/CC. The summed E-state index contributed by atoms with van der Waals surface area (Å²) in [6, 6.07) is 0. The summed E-state index contributed by atoms with van der Waals surface area (Å²) in [4.78, 5) is 42.7. The van der Waals surface area contributed by atoms with Crippen molar-refractivity contribution in [2.75, 3.05) is 13.2 Å². The van der Waals surface area contributed by atoms with Crippen LogP contribution in [0, 0.1) is 0 Å². The molecule has 0 aromatic carbocycles. The highest BCUT2D eigenvalue weighted by Crippen LogP contribution is 2.35. The average molecular weight is 693 g/mol. The molecule has 0 amide bonds. The number of phosphoric ester groups is 1. The van der Waals surface area contributed by atoms with Crippen molar-refractivity contribution < 1.29 is 37.9 Å². The zero-order valence-electron chi connectivity index (χ0n) is 29.9. The van der Waals surface area contributed by atoms with E-state index in [1.54, 1.807) is 0 Å². The molecule has 0 aliphatic carbocycles. The highest BCUT2D eigenvalue weighted by atomic mass is 31.2. The Kier molecular flexibility index (Phi) is 32.6. The Morgan fingerprint density at radius 3 is 1.40 bits per heavy atom. The molecule has 0 aliphatic heterocycles. The Morgan fingerprint density at radius 2 is 0.938 bits per heavy atom. The van der Waals surface area contributed by atoms with Crippen molar-refractivity contribution in [3.05, 3.63) is 72.9 Å². The fraction of sp³-hybridized carbons (Fsp3) is 0.641. The summed E-state index contributed by atoms with van der Waals surface area (Å²) >= 11 is 0. The lowest BCUT2D eigenvalue weighted by Gasteiger charge is -2.18. The number of ether oxygens (including phenoxy) is 2. The van der Waals surface area contributed by atoms with E-state index >= 15 is 0 Å². The minimum atomic E-state index is -4.76. The molecular weight excluding hydrogens is 627 g/mol. The van der Waals surface area contributed by atoms with E-state index in [1.807, 2.05) is 0 Å². The molecule has 0 unspecified atom stereocenters. The van der Waals surface area contributed by atoms with Gasteiger partial charge in [0.1, 0.15) is 6.61 Å². The molecule has 0 radical (unpaired) electrons. The van der Waals surface area contributed by atoms with Crippen molar-refractivity contribution in [3.63, 3.8) is 0 Å². The third kappa shape index (κ3) is 36.3. The van der Waals surface area contributed by atoms with E-state index < -0.39 is 32.5 Å². The van der Waals surface area contributed by atoms with Crippen LogP contribution < -0.4 is 0 Å². The highest BCUT2D eigenvalue weighted by molar-refractivity contribution is 7.46. The Bertz CT molecular complexity index is 1010. The number of hydrogen-bond acceptors (Lipinski definition) is 6. The monoisotopic (exact) mass is 692 g/mol. The van der Waals surface area contributed by atoms with Crippen molar-refractivity contribution >= 4 is 19.8 Å². The van der Waals surface area contributed by atoms with Gasteiger partial charge in [-0.25, -0.2) is 4.57 Å². The number of carbonyl (C=O) groups excluding carboxylic acids is 2. The number of phosphoric acid groups is 1. The molecule has 0 aromatic rings. The van der Waals surface area contributed by atoms with Crippen LogP contribution in [0.1, 0.15) is 142 Å². The zero-order chi connectivity index (χ0) is 35.4. The molecule has 8 nitrogen and oxygen atoms in total. The first-order valence-corrected chi connectivity index (χ1v) is 19.8. The van der Waals surface area contributed by atoms with E-state index in [2.05, 4.69) is 91.3 Å². The van der Waals surface area contributed by atoms with Gasteiger partial charge in [-0.1, -0.05) is 125 Å². The molecule has 0 saturated heterocycles. The van der Waals surface area contributed by atoms with Gasteiger partial charge in [-0.05, 0) is 77.0 Å². The molecule has 0 aliphatic rings. The zero-order valence-corrected chi connectivity index (χ0v) is 30.7. The summed E-state index contributed by atoms with van der Waals surface area (Å²) in [5, 5.41) is 0. The van der Waals surface area contributed by atoms with Gasteiger partial charge >= 0.3 is 19.8 Å². The second kappa shape index (κ2) is 34.4. The predicted molar refractivity (Wildman–Crippen MR) is 197 cm³/mol. The van der Waals surface area contributed by atoms with Crippen LogP contribution in [0.25, 0.3) is 0 Å². The van der Waals surface area contributed by atoms with E-state index in [-0.39, 0.29) is 19.4 Å². The van der Waals surface area contributed by atoms with Gasteiger partial charge in [-0.2, -0.15) is 0 Å². The number of carbonyl (C=O) groups is 2. The lowest BCUT2D eigenvalue weighted by atomic mass is 10.1. The Morgan fingerprint density at radius 1 is 0.542 bits per heavy atom. The minimum absolute atomic E-state index is 0.184. The third-order valence-electron chi connectivity index (χ3n) is 7.22. The molecule has 0 rings (SSSR count). The summed E-state index contributed by atoms with van der Waals surface area (Å²) in [6.07, 6.45) is 43.3. The maximum atomic E-state index is 12.3. The Hall–Kier alpha value is -2.51. The Balaban J connectivity index is 4.06. The molecule has 48 heavy (non-hydrogen) atoms. The highest BCUT2D eigenvalue weighted by Gasteiger charge is 2.22. The van der Waals surface area contributed by atoms with Crippen molar-refractivity contribution in [2.45, 2.75) is 148 Å². The van der Waals surface area contributed by atoms with Crippen molar-refractivity contribution in [1.82, 2.24) is 0 Å². The number of esters is 2. The Labute approximate surface area is 291 Å². The lowest BCUT2D eigenvalue weighted by molar-refractivity contribution is -0.161. The van der Waals surface area contributed by atoms with Gasteiger partial charge in [-0.3, -0.25) is 14.1 Å². The second-order valence-electron chi connectivity index (χ2n) is 11.8. The summed E-state index contributed by atoms with van der Waals surface area (Å²) in [5.74, 6) is -0.933. The van der Waals surface area contributed by atoms with Crippen LogP contribution in [0.4, 0.5) is 0 Å². The molecule has 0 aromatic heterocycles. The van der Waals surface area contributed by atoms with Crippen LogP contribution >= 0.6 is 7.82 Å². The van der Waals surface area contributed by atoms with Crippen LogP contribution in [0.15, 0.2) is 72.9 Å². The molecule has 9 heteroatoms. The van der Waals surface area contributed by atoms with Crippen molar-refractivity contribution in [2.24, 2.45) is 0 Å². The molecule has 0 saturated carbocycles. The fourth-order valence-electron chi connectivity index (χ4n) is 4.58. The van der Waals surface area contributed by atoms with E-state index in [4.69, 9.17) is 19.3 Å². The normalized spacial score (nSPS) is 13.3. The van der Waals surface area contributed by atoms with Gasteiger partial charge in [0.25, 0.3) is 0 Å². The first-order chi connectivity index (χ1) is 23.3. The largest absolute Gasteiger partial charge is 0.469 e. The predicted octanol–water partition coefficient (Wildman–Crippen LogP) is 10.7. The van der Waals surface area contributed by atoms with Crippen LogP contribution in [-0.2, 0) is 28.2 Å². The lowest BCUT2D eigenvalue weighted by Crippen LogP contribution is -2.29. The first kappa shape index (κ1) is 45.5.